The van der Waals surface area contributed by atoms with Gasteiger partial charge in [0.1, 0.15) is 0 Å². The second-order valence-corrected chi connectivity index (χ2v) is 6.08. The van der Waals surface area contributed by atoms with Gasteiger partial charge < -0.3 is 9.88 Å². The first-order chi connectivity index (χ1) is 8.15. The lowest BCUT2D eigenvalue weighted by Gasteiger charge is -2.16. The van der Waals surface area contributed by atoms with Crippen molar-refractivity contribution in [2.75, 3.05) is 6.54 Å². The molecule has 1 N–H and O–H groups in total. The van der Waals surface area contributed by atoms with Crippen molar-refractivity contribution in [3.63, 3.8) is 0 Å². The predicted octanol–water partition coefficient (Wildman–Crippen LogP) is 1.99. The molecule has 1 aliphatic heterocycles. The summed E-state index contributed by atoms with van der Waals surface area (Å²) in [6, 6.07) is 0.376. The normalized spacial score (nSPS) is 21.6. The van der Waals surface area contributed by atoms with Crippen molar-refractivity contribution >= 4 is 16.9 Å². The first-order valence-electron chi connectivity index (χ1n) is 6.08. The van der Waals surface area contributed by atoms with Gasteiger partial charge in [-0.15, -0.1) is 0 Å². The largest absolute Gasteiger partial charge is 0.361 e. The summed E-state index contributed by atoms with van der Waals surface area (Å²) < 4.78 is 2.08. The topological polar surface area (TPSA) is 42.2 Å². The van der Waals surface area contributed by atoms with Gasteiger partial charge in [0.15, 0.2) is 5.17 Å². The summed E-state index contributed by atoms with van der Waals surface area (Å²) in [4.78, 5) is 8.59. The van der Waals surface area contributed by atoms with Gasteiger partial charge in [0, 0.05) is 30.2 Å². The van der Waals surface area contributed by atoms with Gasteiger partial charge >= 0.3 is 0 Å². The smallest absolute Gasteiger partial charge is 0.157 e. The standard InChI is InChI=1S/C12H20N4S/c1-9(2)11-6-14-12(17-11)15-10(3)7-16-5-4-13-8-16/h4-5,8-11H,6-7H2,1-3H3,(H,14,15). The predicted molar refractivity (Wildman–Crippen MR) is 73.3 cm³/mol. The summed E-state index contributed by atoms with van der Waals surface area (Å²) in [5, 5.41) is 5.20. The van der Waals surface area contributed by atoms with Crippen LogP contribution in [0.5, 0.6) is 0 Å². The van der Waals surface area contributed by atoms with E-state index in [0.717, 1.165) is 18.3 Å². The maximum absolute atomic E-state index is 4.55. The molecular formula is C12H20N4S. The van der Waals surface area contributed by atoms with Crippen molar-refractivity contribution < 1.29 is 0 Å². The number of hydrogen-bond donors (Lipinski definition) is 1. The SMILES string of the molecule is CC(Cn1ccnc1)NC1=NCC(C(C)C)S1. The highest BCUT2D eigenvalue weighted by molar-refractivity contribution is 8.14. The Hall–Kier alpha value is -0.970. The molecule has 2 heterocycles. The van der Waals surface area contributed by atoms with Crippen molar-refractivity contribution in [1.29, 1.82) is 0 Å². The molecule has 0 aromatic carbocycles. The Kier molecular flexibility index (Phi) is 4.10. The molecule has 0 spiro atoms. The van der Waals surface area contributed by atoms with Gasteiger partial charge in [-0.2, -0.15) is 0 Å². The minimum atomic E-state index is 0.376. The van der Waals surface area contributed by atoms with Gasteiger partial charge in [-0.05, 0) is 12.8 Å². The van der Waals surface area contributed by atoms with Crippen molar-refractivity contribution in [2.45, 2.75) is 38.6 Å². The van der Waals surface area contributed by atoms with Crippen LogP contribution in [0.3, 0.4) is 0 Å². The zero-order valence-corrected chi connectivity index (χ0v) is 11.4. The van der Waals surface area contributed by atoms with Crippen LogP contribution in [-0.4, -0.2) is 32.6 Å². The number of rotatable bonds is 4. The number of amidine groups is 1. The van der Waals surface area contributed by atoms with Crippen molar-refractivity contribution in [3.05, 3.63) is 18.7 Å². The quantitative estimate of drug-likeness (QED) is 0.891. The molecule has 2 atom stereocenters. The summed E-state index contributed by atoms with van der Waals surface area (Å²) in [5.41, 5.74) is 0. The third kappa shape index (κ3) is 3.49. The number of nitrogens with one attached hydrogen (secondary N) is 1. The molecule has 5 heteroatoms. The average Bonchev–Trinajstić information content (AvgIpc) is 2.88. The molecule has 0 saturated heterocycles. The van der Waals surface area contributed by atoms with E-state index < -0.39 is 0 Å². The Morgan fingerprint density at radius 2 is 2.35 bits per heavy atom. The second-order valence-electron chi connectivity index (χ2n) is 4.85. The van der Waals surface area contributed by atoms with Crippen molar-refractivity contribution in [1.82, 2.24) is 14.9 Å². The van der Waals surface area contributed by atoms with Gasteiger partial charge in [-0.3, -0.25) is 4.99 Å². The minimum absolute atomic E-state index is 0.376. The summed E-state index contributed by atoms with van der Waals surface area (Å²) in [6.07, 6.45) is 5.64. The second kappa shape index (κ2) is 5.58. The number of aliphatic imine (C=N–C) groups is 1. The minimum Gasteiger partial charge on any atom is -0.361 e. The zero-order chi connectivity index (χ0) is 12.3. The van der Waals surface area contributed by atoms with Crippen LogP contribution in [0.1, 0.15) is 20.8 Å². The highest BCUT2D eigenvalue weighted by Gasteiger charge is 2.23. The maximum atomic E-state index is 4.55. The average molecular weight is 252 g/mol. The molecule has 1 aliphatic rings. The van der Waals surface area contributed by atoms with Crippen LogP contribution in [0.2, 0.25) is 0 Å². The lowest BCUT2D eigenvalue weighted by molar-refractivity contribution is 0.548. The molecule has 0 bridgehead atoms. The molecule has 0 amide bonds. The van der Waals surface area contributed by atoms with Crippen molar-refractivity contribution in [3.8, 4) is 0 Å². The molecule has 0 aliphatic carbocycles. The number of hydrogen-bond acceptors (Lipinski definition) is 4. The van der Waals surface area contributed by atoms with Crippen molar-refractivity contribution in [2.24, 2.45) is 10.9 Å². The van der Waals surface area contributed by atoms with Crippen LogP contribution in [0.25, 0.3) is 0 Å². The Labute approximate surface area is 107 Å². The van der Waals surface area contributed by atoms with Gasteiger partial charge in [0.05, 0.1) is 12.9 Å². The van der Waals surface area contributed by atoms with Gasteiger partial charge in [-0.1, -0.05) is 25.6 Å². The Morgan fingerprint density at radius 3 is 2.94 bits per heavy atom. The molecule has 0 fully saturated rings. The van der Waals surface area contributed by atoms with Gasteiger partial charge in [-0.25, -0.2) is 4.98 Å². The third-order valence-corrected chi connectivity index (χ3v) is 4.30. The van der Waals surface area contributed by atoms with E-state index in [9.17, 15) is 0 Å². The monoisotopic (exact) mass is 252 g/mol. The maximum Gasteiger partial charge on any atom is 0.157 e. The van der Waals surface area contributed by atoms with Crippen LogP contribution >= 0.6 is 11.8 Å². The molecule has 4 nitrogen and oxygen atoms in total. The fourth-order valence-corrected chi connectivity index (χ4v) is 2.91. The molecule has 2 rings (SSSR count). The zero-order valence-electron chi connectivity index (χ0n) is 10.6. The number of imidazole rings is 1. The van der Waals surface area contributed by atoms with Gasteiger partial charge in [0.2, 0.25) is 0 Å². The molecule has 1 aromatic rings. The van der Waals surface area contributed by atoms with E-state index in [1.165, 1.54) is 0 Å². The highest BCUT2D eigenvalue weighted by Crippen LogP contribution is 2.26. The summed E-state index contributed by atoms with van der Waals surface area (Å²) in [7, 11) is 0. The molecular weight excluding hydrogens is 232 g/mol. The van der Waals surface area contributed by atoms with E-state index in [-0.39, 0.29) is 0 Å². The van der Waals surface area contributed by atoms with Crippen LogP contribution in [0.15, 0.2) is 23.7 Å². The first-order valence-corrected chi connectivity index (χ1v) is 6.96. The van der Waals surface area contributed by atoms with Crippen LogP contribution < -0.4 is 5.32 Å². The van der Waals surface area contributed by atoms with E-state index in [1.807, 2.05) is 30.5 Å². The lowest BCUT2D eigenvalue weighted by atomic mass is 10.1. The van der Waals surface area contributed by atoms with Crippen LogP contribution in [-0.2, 0) is 6.54 Å². The Bertz CT molecular complexity index is 372. The summed E-state index contributed by atoms with van der Waals surface area (Å²) in [6.45, 7) is 8.55. The fraction of sp³-hybridized carbons (Fsp3) is 0.667. The molecule has 0 saturated carbocycles. The third-order valence-electron chi connectivity index (χ3n) is 2.84. The lowest BCUT2D eigenvalue weighted by Crippen LogP contribution is -2.33. The van der Waals surface area contributed by atoms with E-state index in [2.05, 4.69) is 40.6 Å². The molecule has 17 heavy (non-hydrogen) atoms. The number of aromatic nitrogens is 2. The van der Waals surface area contributed by atoms with Gasteiger partial charge in [0.25, 0.3) is 0 Å². The first kappa shape index (κ1) is 12.5. The van der Waals surface area contributed by atoms with Crippen LogP contribution in [0.4, 0.5) is 0 Å². The van der Waals surface area contributed by atoms with E-state index in [0.29, 0.717) is 17.2 Å². The number of nitrogens with zero attached hydrogens (tertiary/aromatic N) is 3. The molecule has 0 radical (unpaired) electrons. The highest BCUT2D eigenvalue weighted by atomic mass is 32.2. The van der Waals surface area contributed by atoms with Crippen LogP contribution in [0, 0.1) is 5.92 Å². The Balaban J connectivity index is 1.78. The summed E-state index contributed by atoms with van der Waals surface area (Å²) in [5.74, 6) is 0.687. The molecule has 2 unspecified atom stereocenters. The molecule has 1 aromatic heterocycles. The fourth-order valence-electron chi connectivity index (χ4n) is 1.78. The van der Waals surface area contributed by atoms with E-state index in [4.69, 9.17) is 0 Å². The van der Waals surface area contributed by atoms with E-state index >= 15 is 0 Å². The Morgan fingerprint density at radius 1 is 1.53 bits per heavy atom. The number of thioether (sulfide) groups is 1. The summed E-state index contributed by atoms with van der Waals surface area (Å²) >= 11 is 1.87. The molecule has 94 valence electrons. The van der Waals surface area contributed by atoms with E-state index in [1.54, 1.807) is 0 Å².